The summed E-state index contributed by atoms with van der Waals surface area (Å²) < 4.78 is 26.9. The lowest BCUT2D eigenvalue weighted by atomic mass is 10.1. The van der Waals surface area contributed by atoms with Crippen LogP contribution >= 0.6 is 0 Å². The van der Waals surface area contributed by atoms with Gasteiger partial charge in [-0.05, 0) is 38.5 Å². The van der Waals surface area contributed by atoms with Gasteiger partial charge in [0, 0.05) is 24.4 Å². The van der Waals surface area contributed by atoms with E-state index in [0.717, 1.165) is 17.3 Å². The second kappa shape index (κ2) is 8.38. The average molecular weight is 332 g/mol. The lowest BCUT2D eigenvalue weighted by Gasteiger charge is -2.18. The fourth-order valence-corrected chi connectivity index (χ4v) is 2.29. The molecule has 1 atom stereocenters. The van der Waals surface area contributed by atoms with Gasteiger partial charge in [0.05, 0.1) is 18.3 Å². The van der Waals surface area contributed by atoms with E-state index in [4.69, 9.17) is 0 Å². The Hall–Kier alpha value is -2.50. The van der Waals surface area contributed by atoms with Crippen molar-refractivity contribution in [1.82, 2.24) is 15.6 Å². The molecule has 0 bridgehead atoms. The summed E-state index contributed by atoms with van der Waals surface area (Å²) in [6, 6.07) is 7.08. The number of aryl methyl sites for hydroxylation is 1. The van der Waals surface area contributed by atoms with Crippen LogP contribution in [0.4, 0.5) is 8.78 Å². The van der Waals surface area contributed by atoms with Gasteiger partial charge in [0.2, 0.25) is 0 Å². The predicted molar refractivity (Wildman–Crippen MR) is 91.7 cm³/mol. The lowest BCUT2D eigenvalue weighted by molar-refractivity contribution is 0.551. The Morgan fingerprint density at radius 3 is 2.75 bits per heavy atom. The van der Waals surface area contributed by atoms with Crippen LogP contribution in [0.1, 0.15) is 36.7 Å². The summed E-state index contributed by atoms with van der Waals surface area (Å²) in [5.41, 5.74) is 2.33. The van der Waals surface area contributed by atoms with Crippen LogP contribution in [0.25, 0.3) is 0 Å². The molecule has 128 valence electrons. The fraction of sp³-hybridized carbons (Fsp3) is 0.333. The van der Waals surface area contributed by atoms with Crippen LogP contribution in [0.2, 0.25) is 0 Å². The third kappa shape index (κ3) is 4.75. The van der Waals surface area contributed by atoms with E-state index in [1.165, 1.54) is 12.1 Å². The van der Waals surface area contributed by atoms with Crippen LogP contribution in [0.15, 0.2) is 41.5 Å². The van der Waals surface area contributed by atoms with E-state index in [9.17, 15) is 8.78 Å². The number of nitrogens with zero attached hydrogens (tertiary/aromatic N) is 2. The smallest absolute Gasteiger partial charge is 0.192 e. The molecule has 0 saturated heterocycles. The maximum Gasteiger partial charge on any atom is 0.192 e. The zero-order chi connectivity index (χ0) is 17.5. The highest BCUT2D eigenvalue weighted by Gasteiger charge is 2.13. The molecule has 0 fully saturated rings. The number of aliphatic imine (C=N–C) groups is 1. The van der Waals surface area contributed by atoms with Crippen molar-refractivity contribution in [3.63, 3.8) is 0 Å². The molecule has 0 spiro atoms. The number of benzene rings is 1. The van der Waals surface area contributed by atoms with E-state index in [1.54, 1.807) is 13.1 Å². The second-order valence-electron chi connectivity index (χ2n) is 5.49. The van der Waals surface area contributed by atoms with Gasteiger partial charge in [-0.1, -0.05) is 12.1 Å². The van der Waals surface area contributed by atoms with Crippen molar-refractivity contribution in [2.75, 3.05) is 6.54 Å². The molecule has 0 aliphatic rings. The summed E-state index contributed by atoms with van der Waals surface area (Å²) in [5, 5.41) is 6.25. The van der Waals surface area contributed by atoms with Gasteiger partial charge in [-0.15, -0.1) is 0 Å². The SMILES string of the molecule is CCNC(=NCc1ncccc1C)NC(C)c1ccc(F)cc1F. The number of aromatic nitrogens is 1. The number of rotatable bonds is 5. The Morgan fingerprint density at radius 1 is 1.29 bits per heavy atom. The Bertz CT molecular complexity index is 716. The maximum atomic E-state index is 13.9. The molecule has 0 radical (unpaired) electrons. The molecule has 1 aromatic heterocycles. The minimum Gasteiger partial charge on any atom is -0.357 e. The Balaban J connectivity index is 2.12. The van der Waals surface area contributed by atoms with Gasteiger partial charge < -0.3 is 10.6 Å². The van der Waals surface area contributed by atoms with Gasteiger partial charge in [-0.25, -0.2) is 13.8 Å². The molecule has 1 unspecified atom stereocenters. The van der Waals surface area contributed by atoms with Crippen LogP contribution in [0.3, 0.4) is 0 Å². The van der Waals surface area contributed by atoms with E-state index in [-0.39, 0.29) is 6.04 Å². The zero-order valence-electron chi connectivity index (χ0n) is 14.1. The van der Waals surface area contributed by atoms with Gasteiger partial charge in [0.15, 0.2) is 5.96 Å². The normalized spacial score (nSPS) is 12.8. The first kappa shape index (κ1) is 17.8. The van der Waals surface area contributed by atoms with Crippen molar-refractivity contribution in [1.29, 1.82) is 0 Å². The van der Waals surface area contributed by atoms with Crippen LogP contribution in [-0.2, 0) is 6.54 Å². The van der Waals surface area contributed by atoms with Gasteiger partial charge >= 0.3 is 0 Å². The van der Waals surface area contributed by atoms with Crippen LogP contribution in [-0.4, -0.2) is 17.5 Å². The Morgan fingerprint density at radius 2 is 2.08 bits per heavy atom. The summed E-state index contributed by atoms with van der Waals surface area (Å²) in [4.78, 5) is 8.80. The summed E-state index contributed by atoms with van der Waals surface area (Å²) in [5.74, 6) is -0.611. The molecule has 2 N–H and O–H groups in total. The van der Waals surface area contributed by atoms with Crippen molar-refractivity contribution in [3.8, 4) is 0 Å². The second-order valence-corrected chi connectivity index (χ2v) is 5.49. The molecular weight excluding hydrogens is 310 g/mol. The third-order valence-electron chi connectivity index (χ3n) is 3.63. The van der Waals surface area contributed by atoms with E-state index >= 15 is 0 Å². The molecule has 0 saturated carbocycles. The maximum absolute atomic E-state index is 13.9. The minimum atomic E-state index is -0.588. The van der Waals surface area contributed by atoms with Crippen molar-refractivity contribution < 1.29 is 8.78 Å². The van der Waals surface area contributed by atoms with Gasteiger partial charge in [0.1, 0.15) is 11.6 Å². The van der Waals surface area contributed by atoms with Crippen molar-refractivity contribution >= 4 is 5.96 Å². The summed E-state index contributed by atoms with van der Waals surface area (Å²) in [7, 11) is 0. The summed E-state index contributed by atoms with van der Waals surface area (Å²) in [6.07, 6.45) is 1.73. The molecule has 6 heteroatoms. The zero-order valence-corrected chi connectivity index (χ0v) is 14.1. The molecule has 2 aromatic rings. The number of halogens is 2. The number of guanidine groups is 1. The molecule has 1 aromatic carbocycles. The van der Waals surface area contributed by atoms with E-state index in [2.05, 4.69) is 20.6 Å². The van der Waals surface area contributed by atoms with Crippen molar-refractivity contribution in [3.05, 3.63) is 65.0 Å². The van der Waals surface area contributed by atoms with Crippen molar-refractivity contribution in [2.45, 2.75) is 33.4 Å². The van der Waals surface area contributed by atoms with Gasteiger partial charge in [-0.3, -0.25) is 4.98 Å². The summed E-state index contributed by atoms with van der Waals surface area (Å²) in [6.45, 7) is 6.82. The van der Waals surface area contributed by atoms with E-state index < -0.39 is 11.6 Å². The highest BCUT2D eigenvalue weighted by atomic mass is 19.1. The lowest BCUT2D eigenvalue weighted by Crippen LogP contribution is -2.39. The molecule has 4 nitrogen and oxygen atoms in total. The standard InChI is InChI=1S/C18H22F2N4/c1-4-21-18(23-11-17-12(2)6-5-9-22-17)24-13(3)15-8-7-14(19)10-16(15)20/h5-10,13H,4,11H2,1-3H3,(H2,21,23,24). The Kier molecular flexibility index (Phi) is 6.23. The molecular formula is C18H22F2N4. The molecule has 0 aliphatic carbocycles. The monoisotopic (exact) mass is 332 g/mol. The molecule has 1 heterocycles. The van der Waals surface area contributed by atoms with Crippen LogP contribution < -0.4 is 10.6 Å². The first-order valence-corrected chi connectivity index (χ1v) is 7.91. The minimum absolute atomic E-state index is 0.353. The first-order valence-electron chi connectivity index (χ1n) is 7.91. The molecule has 0 amide bonds. The van der Waals surface area contributed by atoms with Crippen LogP contribution in [0, 0.1) is 18.6 Å². The quantitative estimate of drug-likeness (QED) is 0.651. The number of pyridine rings is 1. The molecule has 0 aliphatic heterocycles. The predicted octanol–water partition coefficient (Wildman–Crippen LogP) is 3.48. The first-order chi connectivity index (χ1) is 11.5. The molecule has 2 rings (SSSR count). The fourth-order valence-electron chi connectivity index (χ4n) is 2.29. The Labute approximate surface area is 141 Å². The van der Waals surface area contributed by atoms with Crippen molar-refractivity contribution in [2.24, 2.45) is 4.99 Å². The molecule has 24 heavy (non-hydrogen) atoms. The number of hydrogen-bond donors (Lipinski definition) is 2. The van der Waals surface area contributed by atoms with Crippen LogP contribution in [0.5, 0.6) is 0 Å². The third-order valence-corrected chi connectivity index (χ3v) is 3.63. The van der Waals surface area contributed by atoms with Gasteiger partial charge in [-0.2, -0.15) is 0 Å². The van der Waals surface area contributed by atoms with Gasteiger partial charge in [0.25, 0.3) is 0 Å². The summed E-state index contributed by atoms with van der Waals surface area (Å²) >= 11 is 0. The highest BCUT2D eigenvalue weighted by molar-refractivity contribution is 5.80. The van der Waals surface area contributed by atoms with E-state index in [1.807, 2.05) is 26.0 Å². The van der Waals surface area contributed by atoms with E-state index in [0.29, 0.717) is 24.6 Å². The number of nitrogens with one attached hydrogen (secondary N) is 2. The number of hydrogen-bond acceptors (Lipinski definition) is 2. The highest BCUT2D eigenvalue weighted by Crippen LogP contribution is 2.17. The topological polar surface area (TPSA) is 49.3 Å². The average Bonchev–Trinajstić information content (AvgIpc) is 2.54. The largest absolute Gasteiger partial charge is 0.357 e.